The number of anilines is 1. The lowest BCUT2D eigenvalue weighted by Gasteiger charge is -2.14. The van der Waals surface area contributed by atoms with Crippen molar-refractivity contribution in [1.82, 2.24) is 9.97 Å². The van der Waals surface area contributed by atoms with Crippen molar-refractivity contribution in [3.63, 3.8) is 0 Å². The molecule has 2 aromatic heterocycles. The standard InChI is InChI=1S/C27H25N3O/c1-18-15-24(11-13-28-18)21-7-9-26(10-8-21)30-27(31)20(3)22-5-4-6-23(17-22)25-12-14-29-19(2)16-25/h4-17,20H,1-3H3,(H,30,31). The molecule has 2 aromatic carbocycles. The van der Waals surface area contributed by atoms with Gasteiger partial charge in [0.2, 0.25) is 5.91 Å². The molecule has 1 atom stereocenters. The first-order chi connectivity index (χ1) is 15.0. The van der Waals surface area contributed by atoms with Gasteiger partial charge in [-0.1, -0.05) is 36.4 Å². The predicted octanol–water partition coefficient (Wildman–Crippen LogP) is 6.17. The molecule has 4 heteroatoms. The van der Waals surface area contributed by atoms with Gasteiger partial charge in [0.25, 0.3) is 0 Å². The number of aryl methyl sites for hydroxylation is 2. The third-order valence-electron chi connectivity index (χ3n) is 5.39. The average molecular weight is 408 g/mol. The summed E-state index contributed by atoms with van der Waals surface area (Å²) in [6, 6.07) is 24.1. The summed E-state index contributed by atoms with van der Waals surface area (Å²) in [4.78, 5) is 21.4. The SMILES string of the molecule is Cc1cc(-c2ccc(NC(=O)C(C)c3cccc(-c4ccnc(C)c4)c3)cc2)ccn1. The predicted molar refractivity (Wildman–Crippen MR) is 126 cm³/mol. The van der Waals surface area contributed by atoms with Gasteiger partial charge in [0.05, 0.1) is 5.92 Å². The molecule has 0 aliphatic rings. The Morgan fingerprint density at radius 2 is 1.32 bits per heavy atom. The minimum absolute atomic E-state index is 0.0319. The van der Waals surface area contributed by atoms with Gasteiger partial charge in [0.15, 0.2) is 0 Å². The number of nitrogens with zero attached hydrogens (tertiary/aromatic N) is 2. The average Bonchev–Trinajstić information content (AvgIpc) is 2.79. The zero-order chi connectivity index (χ0) is 21.8. The highest BCUT2D eigenvalue weighted by molar-refractivity contribution is 5.96. The van der Waals surface area contributed by atoms with E-state index in [1.807, 2.05) is 87.8 Å². The van der Waals surface area contributed by atoms with Crippen LogP contribution in [-0.4, -0.2) is 15.9 Å². The zero-order valence-corrected chi connectivity index (χ0v) is 18.0. The quantitative estimate of drug-likeness (QED) is 0.430. The van der Waals surface area contributed by atoms with Crippen LogP contribution < -0.4 is 5.32 Å². The van der Waals surface area contributed by atoms with E-state index in [1.54, 1.807) is 0 Å². The number of pyridine rings is 2. The van der Waals surface area contributed by atoms with Crippen molar-refractivity contribution in [3.8, 4) is 22.3 Å². The van der Waals surface area contributed by atoms with Crippen LogP contribution in [0, 0.1) is 13.8 Å². The molecule has 2 heterocycles. The number of hydrogen-bond donors (Lipinski definition) is 1. The van der Waals surface area contributed by atoms with Crippen LogP contribution in [0.5, 0.6) is 0 Å². The molecule has 1 amide bonds. The highest BCUT2D eigenvalue weighted by Gasteiger charge is 2.16. The Balaban J connectivity index is 1.48. The largest absolute Gasteiger partial charge is 0.326 e. The van der Waals surface area contributed by atoms with Crippen LogP contribution in [0.25, 0.3) is 22.3 Å². The Labute approximate surface area is 183 Å². The molecule has 4 aromatic rings. The number of benzene rings is 2. The van der Waals surface area contributed by atoms with Gasteiger partial charge in [-0.2, -0.15) is 0 Å². The molecule has 0 aliphatic carbocycles. The summed E-state index contributed by atoms with van der Waals surface area (Å²) in [5.74, 6) is -0.305. The fourth-order valence-electron chi connectivity index (χ4n) is 3.59. The normalized spacial score (nSPS) is 11.7. The molecule has 0 spiro atoms. The van der Waals surface area contributed by atoms with Crippen molar-refractivity contribution in [1.29, 1.82) is 0 Å². The summed E-state index contributed by atoms with van der Waals surface area (Å²) in [7, 11) is 0. The summed E-state index contributed by atoms with van der Waals surface area (Å²) in [5.41, 5.74) is 8.11. The van der Waals surface area contributed by atoms with Crippen LogP contribution in [0.15, 0.2) is 85.2 Å². The molecule has 0 aliphatic heterocycles. The molecule has 0 saturated carbocycles. The van der Waals surface area contributed by atoms with E-state index in [0.717, 1.165) is 44.9 Å². The Morgan fingerprint density at radius 3 is 1.94 bits per heavy atom. The molecule has 4 rings (SSSR count). The summed E-state index contributed by atoms with van der Waals surface area (Å²) in [6.07, 6.45) is 3.62. The monoisotopic (exact) mass is 407 g/mol. The number of nitrogens with one attached hydrogen (secondary N) is 1. The number of rotatable bonds is 5. The first-order valence-electron chi connectivity index (χ1n) is 10.4. The van der Waals surface area contributed by atoms with Gasteiger partial charge in [-0.05, 0) is 85.0 Å². The van der Waals surface area contributed by atoms with Gasteiger partial charge < -0.3 is 5.32 Å². The number of carbonyl (C=O) groups is 1. The molecule has 0 saturated heterocycles. The lowest BCUT2D eigenvalue weighted by Crippen LogP contribution is -2.18. The Bertz CT molecular complexity index is 1220. The Hall–Kier alpha value is -3.79. The van der Waals surface area contributed by atoms with Crippen molar-refractivity contribution in [2.24, 2.45) is 0 Å². The van der Waals surface area contributed by atoms with Gasteiger partial charge in [-0.25, -0.2) is 0 Å². The second-order valence-electron chi connectivity index (χ2n) is 7.79. The number of aromatic nitrogens is 2. The molecular formula is C27H25N3O. The van der Waals surface area contributed by atoms with Crippen molar-refractivity contribution >= 4 is 11.6 Å². The molecule has 1 unspecified atom stereocenters. The summed E-state index contributed by atoms with van der Waals surface area (Å²) in [5, 5.41) is 3.04. The second kappa shape index (κ2) is 8.92. The first kappa shape index (κ1) is 20.5. The molecule has 0 bridgehead atoms. The van der Waals surface area contributed by atoms with Gasteiger partial charge in [0.1, 0.15) is 0 Å². The summed E-state index contributed by atoms with van der Waals surface area (Å²) < 4.78 is 0. The highest BCUT2D eigenvalue weighted by Crippen LogP contribution is 2.26. The van der Waals surface area contributed by atoms with Crippen molar-refractivity contribution in [2.75, 3.05) is 5.32 Å². The van der Waals surface area contributed by atoms with Crippen LogP contribution in [0.2, 0.25) is 0 Å². The zero-order valence-electron chi connectivity index (χ0n) is 18.0. The van der Waals surface area contributed by atoms with Gasteiger partial charge >= 0.3 is 0 Å². The Kier molecular flexibility index (Phi) is 5.89. The maximum Gasteiger partial charge on any atom is 0.231 e. The van der Waals surface area contributed by atoms with Gasteiger partial charge in [0, 0.05) is 29.5 Å². The lowest BCUT2D eigenvalue weighted by atomic mass is 9.95. The molecule has 154 valence electrons. The van der Waals surface area contributed by atoms with Crippen LogP contribution in [0.3, 0.4) is 0 Å². The van der Waals surface area contributed by atoms with Crippen molar-refractivity contribution in [2.45, 2.75) is 26.7 Å². The number of amides is 1. The molecule has 31 heavy (non-hydrogen) atoms. The van der Waals surface area contributed by atoms with Crippen LogP contribution in [0.1, 0.15) is 29.8 Å². The molecule has 1 N–H and O–H groups in total. The fourth-order valence-corrected chi connectivity index (χ4v) is 3.59. The molecule has 0 fully saturated rings. The minimum Gasteiger partial charge on any atom is -0.326 e. The van der Waals surface area contributed by atoms with E-state index in [4.69, 9.17) is 0 Å². The molecule has 0 radical (unpaired) electrons. The Morgan fingerprint density at radius 1 is 0.742 bits per heavy atom. The van der Waals surface area contributed by atoms with Crippen LogP contribution in [0.4, 0.5) is 5.69 Å². The second-order valence-corrected chi connectivity index (χ2v) is 7.79. The first-order valence-corrected chi connectivity index (χ1v) is 10.4. The lowest BCUT2D eigenvalue weighted by molar-refractivity contribution is -0.117. The van der Waals surface area contributed by atoms with E-state index in [1.165, 1.54) is 0 Å². The third kappa shape index (κ3) is 4.86. The van der Waals surface area contributed by atoms with Gasteiger partial charge in [-0.15, -0.1) is 0 Å². The van der Waals surface area contributed by atoms with Crippen LogP contribution >= 0.6 is 0 Å². The topological polar surface area (TPSA) is 54.9 Å². The maximum absolute atomic E-state index is 12.9. The van der Waals surface area contributed by atoms with Gasteiger partial charge in [-0.3, -0.25) is 14.8 Å². The summed E-state index contributed by atoms with van der Waals surface area (Å²) >= 11 is 0. The molecular weight excluding hydrogens is 382 g/mol. The highest BCUT2D eigenvalue weighted by atomic mass is 16.1. The van der Waals surface area contributed by atoms with E-state index in [0.29, 0.717) is 0 Å². The van der Waals surface area contributed by atoms with E-state index < -0.39 is 0 Å². The summed E-state index contributed by atoms with van der Waals surface area (Å²) in [6.45, 7) is 5.88. The van der Waals surface area contributed by atoms with Crippen molar-refractivity contribution in [3.05, 3.63) is 102 Å². The smallest absolute Gasteiger partial charge is 0.231 e. The maximum atomic E-state index is 12.9. The van der Waals surface area contributed by atoms with E-state index >= 15 is 0 Å². The third-order valence-corrected chi connectivity index (χ3v) is 5.39. The van der Waals surface area contributed by atoms with Crippen molar-refractivity contribution < 1.29 is 4.79 Å². The fraction of sp³-hybridized carbons (Fsp3) is 0.148. The van der Waals surface area contributed by atoms with E-state index in [9.17, 15) is 4.79 Å². The van der Waals surface area contributed by atoms with E-state index in [2.05, 4.69) is 33.5 Å². The number of carbonyl (C=O) groups excluding carboxylic acids is 1. The van der Waals surface area contributed by atoms with E-state index in [-0.39, 0.29) is 11.8 Å². The molecule has 4 nitrogen and oxygen atoms in total. The van der Waals surface area contributed by atoms with Crippen LogP contribution in [-0.2, 0) is 4.79 Å². The number of hydrogen-bond acceptors (Lipinski definition) is 3. The minimum atomic E-state index is -0.273.